The zero-order chi connectivity index (χ0) is 21.4. The minimum Gasteiger partial charge on any atom is -0.279 e. The van der Waals surface area contributed by atoms with E-state index in [1.54, 1.807) is 6.92 Å². The molecular weight excluding hydrogens is 412 g/mol. The standard InChI is InChI=1S/C20H24N2O5S2/c1-4-15-7-6-8-16(5-2)19(15)21-29(26,27)18-11-9-17(10-12-18)22-20(23)14(3)13-28(22,24)25/h6-12,14,21H,4-5,13H2,1-3H3. The number of aryl methyl sites for hydroxylation is 2. The average molecular weight is 437 g/mol. The molecule has 1 fully saturated rings. The van der Waals surface area contributed by atoms with Crippen molar-refractivity contribution in [3.05, 3.63) is 53.6 Å². The minimum absolute atomic E-state index is 0.00805. The number of carbonyl (C=O) groups excluding carboxylic acids is 1. The Labute approximate surface area is 171 Å². The van der Waals surface area contributed by atoms with Crippen LogP contribution in [-0.2, 0) is 37.7 Å². The first kappa shape index (κ1) is 21.3. The molecule has 1 aliphatic rings. The number of anilines is 2. The Kier molecular flexibility index (Phi) is 5.73. The lowest BCUT2D eigenvalue weighted by molar-refractivity contribution is -0.119. The third kappa shape index (κ3) is 4.02. The summed E-state index contributed by atoms with van der Waals surface area (Å²) in [6.45, 7) is 5.46. The molecule has 3 rings (SSSR count). The van der Waals surface area contributed by atoms with E-state index < -0.39 is 31.9 Å². The van der Waals surface area contributed by atoms with Crippen LogP contribution in [0.4, 0.5) is 11.4 Å². The molecule has 2 aromatic rings. The maximum atomic E-state index is 12.9. The van der Waals surface area contributed by atoms with Crippen LogP contribution in [-0.4, -0.2) is 28.5 Å². The summed E-state index contributed by atoms with van der Waals surface area (Å²) in [5.41, 5.74) is 2.51. The number of benzene rings is 2. The molecule has 0 aromatic heterocycles. The Morgan fingerprint density at radius 2 is 1.59 bits per heavy atom. The number of hydrogen-bond acceptors (Lipinski definition) is 5. The SMILES string of the molecule is CCc1cccc(CC)c1NS(=O)(=O)c1ccc(N2C(=O)C(C)CS2(=O)=O)cc1. The number of sulfonamides is 2. The summed E-state index contributed by atoms with van der Waals surface area (Å²) < 4.78 is 53.7. The van der Waals surface area contributed by atoms with Crippen molar-refractivity contribution in [1.29, 1.82) is 0 Å². The molecule has 0 saturated carbocycles. The number of rotatable bonds is 6. The van der Waals surface area contributed by atoms with E-state index in [-0.39, 0.29) is 16.3 Å². The fraction of sp³-hybridized carbons (Fsp3) is 0.350. The van der Waals surface area contributed by atoms with Crippen LogP contribution in [0.5, 0.6) is 0 Å². The zero-order valence-electron chi connectivity index (χ0n) is 16.5. The van der Waals surface area contributed by atoms with E-state index in [2.05, 4.69) is 4.72 Å². The first-order valence-corrected chi connectivity index (χ1v) is 12.5. The van der Waals surface area contributed by atoms with Gasteiger partial charge in [0.2, 0.25) is 15.9 Å². The summed E-state index contributed by atoms with van der Waals surface area (Å²) in [5.74, 6) is -1.38. The number of amides is 1. The van der Waals surface area contributed by atoms with Gasteiger partial charge in [0.15, 0.2) is 0 Å². The van der Waals surface area contributed by atoms with Crippen molar-refractivity contribution in [3.63, 3.8) is 0 Å². The van der Waals surface area contributed by atoms with Gasteiger partial charge in [-0.3, -0.25) is 9.52 Å². The third-order valence-corrected chi connectivity index (χ3v) is 8.21. The highest BCUT2D eigenvalue weighted by Crippen LogP contribution is 2.30. The molecular formula is C20H24N2O5S2. The van der Waals surface area contributed by atoms with Gasteiger partial charge >= 0.3 is 0 Å². The highest BCUT2D eigenvalue weighted by atomic mass is 32.2. The fourth-order valence-electron chi connectivity index (χ4n) is 3.41. The Morgan fingerprint density at radius 3 is 2.03 bits per heavy atom. The van der Waals surface area contributed by atoms with Gasteiger partial charge in [0, 0.05) is 0 Å². The van der Waals surface area contributed by atoms with Gasteiger partial charge in [0.25, 0.3) is 10.0 Å². The van der Waals surface area contributed by atoms with Crippen LogP contribution in [0.2, 0.25) is 0 Å². The molecule has 2 aromatic carbocycles. The van der Waals surface area contributed by atoms with Gasteiger partial charge in [-0.25, -0.2) is 21.1 Å². The lowest BCUT2D eigenvalue weighted by Gasteiger charge is -2.17. The molecule has 156 valence electrons. The number of nitrogens with zero attached hydrogens (tertiary/aromatic N) is 1. The summed E-state index contributed by atoms with van der Waals surface area (Å²) in [6, 6.07) is 11.0. The number of hydrogen-bond donors (Lipinski definition) is 1. The van der Waals surface area contributed by atoms with Crippen molar-refractivity contribution in [2.75, 3.05) is 14.8 Å². The van der Waals surface area contributed by atoms with Crippen LogP contribution in [0.25, 0.3) is 0 Å². The maximum absolute atomic E-state index is 12.9. The molecule has 1 saturated heterocycles. The fourth-order valence-corrected chi connectivity index (χ4v) is 6.38. The topological polar surface area (TPSA) is 101 Å². The molecule has 0 aliphatic carbocycles. The number of carbonyl (C=O) groups is 1. The highest BCUT2D eigenvalue weighted by Gasteiger charge is 2.42. The summed E-state index contributed by atoms with van der Waals surface area (Å²) in [7, 11) is -7.61. The van der Waals surface area contributed by atoms with Crippen LogP contribution >= 0.6 is 0 Å². The number of para-hydroxylation sites is 1. The van der Waals surface area contributed by atoms with Gasteiger partial charge in [-0.1, -0.05) is 39.0 Å². The van der Waals surface area contributed by atoms with Crippen molar-refractivity contribution in [2.45, 2.75) is 38.5 Å². The second kappa shape index (κ2) is 7.79. The lowest BCUT2D eigenvalue weighted by Crippen LogP contribution is -2.30. The number of nitrogens with one attached hydrogen (secondary N) is 1. The monoisotopic (exact) mass is 436 g/mol. The van der Waals surface area contributed by atoms with Crippen LogP contribution in [0.15, 0.2) is 47.4 Å². The maximum Gasteiger partial charge on any atom is 0.261 e. The van der Waals surface area contributed by atoms with Crippen molar-refractivity contribution >= 4 is 37.3 Å². The molecule has 0 radical (unpaired) electrons. The minimum atomic E-state index is -3.87. The van der Waals surface area contributed by atoms with Crippen LogP contribution in [0, 0.1) is 5.92 Å². The summed E-state index contributed by atoms with van der Waals surface area (Å²) in [4.78, 5) is 12.2. The highest BCUT2D eigenvalue weighted by molar-refractivity contribution is 7.94. The van der Waals surface area contributed by atoms with Gasteiger partial charge in [-0.2, -0.15) is 0 Å². The van der Waals surface area contributed by atoms with Gasteiger partial charge in [-0.15, -0.1) is 0 Å². The predicted molar refractivity (Wildman–Crippen MR) is 113 cm³/mol. The summed E-state index contributed by atoms with van der Waals surface area (Å²) >= 11 is 0. The normalized spacial score (nSPS) is 18.8. The smallest absolute Gasteiger partial charge is 0.261 e. The van der Waals surface area contributed by atoms with Crippen LogP contribution in [0.1, 0.15) is 31.9 Å². The molecule has 1 aliphatic heterocycles. The van der Waals surface area contributed by atoms with Crippen LogP contribution < -0.4 is 9.03 Å². The Balaban J connectivity index is 1.94. The average Bonchev–Trinajstić information content (AvgIpc) is 2.88. The van der Waals surface area contributed by atoms with Gasteiger partial charge in [0.05, 0.1) is 27.9 Å². The summed E-state index contributed by atoms with van der Waals surface area (Å²) in [5, 5.41) is 0. The van der Waals surface area contributed by atoms with E-state index in [1.807, 2.05) is 32.0 Å². The van der Waals surface area contributed by atoms with E-state index in [0.717, 1.165) is 15.4 Å². The molecule has 1 unspecified atom stereocenters. The Morgan fingerprint density at radius 1 is 1.03 bits per heavy atom. The quantitative estimate of drug-likeness (QED) is 0.750. The van der Waals surface area contributed by atoms with Crippen molar-refractivity contribution in [3.8, 4) is 0 Å². The second-order valence-electron chi connectivity index (χ2n) is 7.04. The lowest BCUT2D eigenvalue weighted by atomic mass is 10.0. The molecule has 0 bridgehead atoms. The molecule has 1 atom stereocenters. The largest absolute Gasteiger partial charge is 0.279 e. The van der Waals surface area contributed by atoms with E-state index in [0.29, 0.717) is 18.5 Å². The van der Waals surface area contributed by atoms with Crippen LogP contribution in [0.3, 0.4) is 0 Å². The van der Waals surface area contributed by atoms with E-state index in [4.69, 9.17) is 0 Å². The van der Waals surface area contributed by atoms with Gasteiger partial charge in [-0.05, 0) is 48.2 Å². The molecule has 29 heavy (non-hydrogen) atoms. The molecule has 9 heteroatoms. The first-order chi connectivity index (χ1) is 13.6. The van der Waals surface area contributed by atoms with Gasteiger partial charge < -0.3 is 0 Å². The molecule has 0 spiro atoms. The van der Waals surface area contributed by atoms with Crippen molar-refractivity contribution in [2.24, 2.45) is 5.92 Å². The van der Waals surface area contributed by atoms with E-state index in [1.165, 1.54) is 24.3 Å². The van der Waals surface area contributed by atoms with Crippen molar-refractivity contribution < 1.29 is 21.6 Å². The first-order valence-electron chi connectivity index (χ1n) is 9.41. The molecule has 1 N–H and O–H groups in total. The van der Waals surface area contributed by atoms with E-state index >= 15 is 0 Å². The Hall–Kier alpha value is -2.39. The summed E-state index contributed by atoms with van der Waals surface area (Å²) in [6.07, 6.45) is 1.36. The predicted octanol–water partition coefficient (Wildman–Crippen LogP) is 2.92. The Bertz CT molecular complexity index is 1120. The third-order valence-electron chi connectivity index (χ3n) is 4.98. The molecule has 1 heterocycles. The molecule has 1 amide bonds. The second-order valence-corrected chi connectivity index (χ2v) is 10.6. The molecule has 7 nitrogen and oxygen atoms in total. The van der Waals surface area contributed by atoms with Crippen molar-refractivity contribution in [1.82, 2.24) is 0 Å². The zero-order valence-corrected chi connectivity index (χ0v) is 18.2. The van der Waals surface area contributed by atoms with E-state index in [9.17, 15) is 21.6 Å². The van der Waals surface area contributed by atoms with Gasteiger partial charge in [0.1, 0.15) is 0 Å².